The largest absolute Gasteiger partial charge is 0.507 e. The molecule has 0 amide bonds. The molecule has 5 N–H and O–H groups in total. The Morgan fingerprint density at radius 2 is 0.786 bits per heavy atom. The van der Waals surface area contributed by atoms with E-state index in [0.717, 1.165) is 66.7 Å². The van der Waals surface area contributed by atoms with E-state index in [4.69, 9.17) is 50.8 Å². The van der Waals surface area contributed by atoms with Gasteiger partial charge in [-0.05, 0) is 192 Å². The molecule has 0 bridgehead atoms. The van der Waals surface area contributed by atoms with Gasteiger partial charge in [0, 0.05) is 63.7 Å². The number of esters is 3. The predicted molar refractivity (Wildman–Crippen MR) is 370 cm³/mol. The smallest absolute Gasteiger partial charge is 0.308 e. The lowest BCUT2D eigenvalue weighted by molar-refractivity contribution is -0.132. The van der Waals surface area contributed by atoms with Crippen LogP contribution in [-0.4, -0.2) is 72.5 Å². The molecule has 0 fully saturated rings. The van der Waals surface area contributed by atoms with E-state index in [1.165, 1.54) is 66.7 Å². The number of phenols is 2. The molecule has 28 nitrogen and oxygen atoms in total. The van der Waals surface area contributed by atoms with Crippen molar-refractivity contribution in [3.8, 4) is 28.7 Å². The van der Waals surface area contributed by atoms with Crippen molar-refractivity contribution >= 4 is 84.6 Å². The summed E-state index contributed by atoms with van der Waals surface area (Å²) in [5.41, 5.74) is 42.1. The van der Waals surface area contributed by atoms with E-state index >= 15 is 0 Å². The standard InChI is InChI=1S/C11H11BrO3.C11H11N3O3.C11H12O3.C9H10N4O2.C9H8N4O.C9H10N2O.C9H10O2/c1-7(13)10-5-9(6-12)3-4-11(10)15-8(2)14;1-7(15)10-5-9(6-13-14-12)3-4-11(10)17-8(2)16;1-7-4-5-11(14-9(3)13)10(6-7)8(2)12;1-6(12-15)8-4-7(5-11-13-10)2-3-9(8)14;1-6-8-4-7(5-11-13-10)2-3-9(8)14-12-6;1-6-8-4-7(5-10)2-3-9(8)12-11-6;1-6-3-4-9(11)8(5-6)7(2)10/h3-5H,6H2,1-2H3;3-5H,6H2,1-2H3;4-6H,1-3H3;2-4,14-15H,5H2,1H3;2-4H,5H2,1H3;2-4H,5,10H2,1H3;3-5,11H,1-2H3. The van der Waals surface area contributed by atoms with Crippen molar-refractivity contribution in [1.82, 2.24) is 10.3 Å². The van der Waals surface area contributed by atoms with Crippen LogP contribution in [0.25, 0.3) is 53.3 Å². The third-order valence-corrected chi connectivity index (χ3v) is 13.7. The summed E-state index contributed by atoms with van der Waals surface area (Å²) in [7, 11) is 0. The number of hydrogen-bond acceptors (Lipinski definition) is 22. The molecule has 0 saturated carbocycles. The van der Waals surface area contributed by atoms with E-state index < -0.39 is 17.9 Å². The number of nitrogens with zero attached hydrogens (tertiary/aromatic N) is 12. The zero-order chi connectivity index (χ0) is 73.2. The van der Waals surface area contributed by atoms with Crippen molar-refractivity contribution < 1.29 is 72.2 Å². The lowest BCUT2D eigenvalue weighted by Crippen LogP contribution is -2.06. The fourth-order valence-corrected chi connectivity index (χ4v) is 8.62. The molecule has 2 aromatic heterocycles. The first kappa shape index (κ1) is 80.2. The second kappa shape index (κ2) is 41.0. The SMILES string of the molecule is CC(=NO)c1cc(CN=[N+]=[N-])ccc1O.CC(=O)Oc1ccc(C)cc1C(C)=O.CC(=O)Oc1ccc(CBr)cc1C(C)=O.CC(=O)Oc1ccc(CN=[N+]=[N-])cc1C(C)=O.CC(=O)c1cc(C)ccc1O.Cc1noc2ccc(CN)cc12.Cc1noc2ccc(CN=[N+]=[N-])cc12. The van der Waals surface area contributed by atoms with Gasteiger partial charge in [0.05, 0.1) is 59.0 Å². The fraction of sp³-hybridized carbons (Fsp3) is 0.246. The van der Waals surface area contributed by atoms with E-state index in [1.807, 2.05) is 64.1 Å². The van der Waals surface area contributed by atoms with Crippen LogP contribution in [0.2, 0.25) is 0 Å². The van der Waals surface area contributed by atoms with Gasteiger partial charge in [-0.25, -0.2) is 0 Å². The van der Waals surface area contributed by atoms with Gasteiger partial charge in [-0.3, -0.25) is 33.6 Å². The van der Waals surface area contributed by atoms with Gasteiger partial charge >= 0.3 is 17.9 Å². The predicted octanol–water partition coefficient (Wildman–Crippen LogP) is 16.3. The number of aromatic hydroxyl groups is 2. The number of carbonyl (C=O) groups excluding carboxylic acids is 7. The molecule has 0 unspecified atom stereocenters. The summed E-state index contributed by atoms with van der Waals surface area (Å²) in [4.78, 5) is 85.1. The molecule has 510 valence electrons. The summed E-state index contributed by atoms with van der Waals surface area (Å²) in [6, 6.07) is 36.2. The summed E-state index contributed by atoms with van der Waals surface area (Å²) in [6.45, 7) is 20.0. The number of rotatable bonds is 16. The highest BCUT2D eigenvalue weighted by Crippen LogP contribution is 2.26. The van der Waals surface area contributed by atoms with Gasteiger partial charge in [0.25, 0.3) is 0 Å². The van der Waals surface area contributed by atoms with Gasteiger partial charge in [-0.2, -0.15) is 0 Å². The Balaban J connectivity index is 0.000000299. The van der Waals surface area contributed by atoms with Crippen LogP contribution < -0.4 is 19.9 Å². The van der Waals surface area contributed by atoms with Crippen molar-refractivity contribution in [2.24, 2.45) is 26.2 Å². The maximum Gasteiger partial charge on any atom is 0.308 e. The molecule has 29 heteroatoms. The summed E-state index contributed by atoms with van der Waals surface area (Å²) < 4.78 is 24.8. The van der Waals surface area contributed by atoms with Crippen molar-refractivity contribution in [3.63, 3.8) is 0 Å². The summed E-state index contributed by atoms with van der Waals surface area (Å²) in [6.07, 6.45) is 0. The van der Waals surface area contributed by atoms with Gasteiger partial charge in [-0.15, -0.1) is 0 Å². The summed E-state index contributed by atoms with van der Waals surface area (Å²) in [5.74, 6) is -0.937. The van der Waals surface area contributed by atoms with Crippen molar-refractivity contribution in [3.05, 3.63) is 237 Å². The molecule has 0 spiro atoms. The monoisotopic (exact) mass is 1400 g/mol. The third-order valence-electron chi connectivity index (χ3n) is 13.0. The van der Waals surface area contributed by atoms with Crippen LogP contribution in [0.3, 0.4) is 0 Å². The Labute approximate surface area is 571 Å². The maximum atomic E-state index is 11.4. The number of nitrogens with two attached hydrogens (primary N) is 1. The first-order chi connectivity index (χ1) is 46.5. The normalized spacial score (nSPS) is 10.0. The lowest BCUT2D eigenvalue weighted by atomic mass is 10.1. The fourth-order valence-electron chi connectivity index (χ4n) is 8.27. The quantitative estimate of drug-likeness (QED) is 0.00667. The Hall–Kier alpha value is -12.0. The molecular weight excluding hydrogens is 1330 g/mol. The Kier molecular flexibility index (Phi) is 33.5. The van der Waals surface area contributed by atoms with Crippen LogP contribution in [0.1, 0.15) is 153 Å². The number of aryl methyl sites for hydroxylation is 4. The minimum Gasteiger partial charge on any atom is -0.507 e. The molecule has 7 aromatic carbocycles. The molecule has 98 heavy (non-hydrogen) atoms. The van der Waals surface area contributed by atoms with Gasteiger partial charge in [0.1, 0.15) is 28.7 Å². The average Bonchev–Trinajstić information content (AvgIpc) is 1.01. The van der Waals surface area contributed by atoms with Crippen LogP contribution in [0, 0.1) is 27.7 Å². The van der Waals surface area contributed by atoms with Crippen molar-refractivity contribution in [2.75, 3.05) is 0 Å². The number of ketones is 4. The number of alkyl halides is 1. The maximum absolute atomic E-state index is 11.4. The number of benzene rings is 7. The number of Topliss-reactive ketones (excluding diaryl/α,β-unsaturated/α-hetero) is 4. The van der Waals surface area contributed by atoms with E-state index in [1.54, 1.807) is 79.7 Å². The van der Waals surface area contributed by atoms with Gasteiger partial charge in [0.2, 0.25) is 0 Å². The van der Waals surface area contributed by atoms with E-state index in [9.17, 15) is 43.8 Å². The number of carbonyl (C=O) groups is 7. The van der Waals surface area contributed by atoms with Gasteiger partial charge in [0.15, 0.2) is 34.3 Å². The van der Waals surface area contributed by atoms with E-state index in [2.05, 4.69) is 61.5 Å². The van der Waals surface area contributed by atoms with Crippen molar-refractivity contribution in [2.45, 2.75) is 115 Å². The average molecular weight is 1400 g/mol. The highest BCUT2D eigenvalue weighted by atomic mass is 79.9. The lowest BCUT2D eigenvalue weighted by Gasteiger charge is -2.07. The van der Waals surface area contributed by atoms with Crippen LogP contribution in [0.4, 0.5) is 0 Å². The van der Waals surface area contributed by atoms with Crippen molar-refractivity contribution in [1.29, 1.82) is 0 Å². The first-order valence-corrected chi connectivity index (χ1v) is 30.4. The highest BCUT2D eigenvalue weighted by molar-refractivity contribution is 9.08. The molecule has 2 heterocycles. The Morgan fingerprint density at radius 3 is 1.18 bits per heavy atom. The number of oxime groups is 1. The minimum atomic E-state index is -0.490. The molecule has 0 aliphatic rings. The number of ether oxygens (including phenoxy) is 3. The highest BCUT2D eigenvalue weighted by Gasteiger charge is 2.15. The van der Waals surface area contributed by atoms with Crippen LogP contribution in [0.15, 0.2) is 157 Å². The zero-order valence-electron chi connectivity index (χ0n) is 55.7. The molecule has 9 aromatic rings. The van der Waals surface area contributed by atoms with Crippen LogP contribution in [-0.2, 0) is 45.9 Å². The molecule has 9 rings (SSSR count). The number of halogens is 1. The molecule has 0 saturated heterocycles. The molecule has 0 aliphatic carbocycles. The molecule has 0 radical (unpaired) electrons. The Morgan fingerprint density at radius 1 is 0.459 bits per heavy atom. The molecule has 0 atom stereocenters. The second-order valence-electron chi connectivity index (χ2n) is 20.9. The molecular formula is C69H72BrN13O15. The Bertz CT molecular complexity index is 4530. The van der Waals surface area contributed by atoms with Gasteiger partial charge < -0.3 is 44.4 Å². The first-order valence-electron chi connectivity index (χ1n) is 29.3. The number of fused-ring (bicyclic) bond motifs is 2. The van der Waals surface area contributed by atoms with Crippen LogP contribution >= 0.6 is 15.9 Å². The second-order valence-corrected chi connectivity index (χ2v) is 21.5. The number of hydrogen-bond donors (Lipinski definition) is 4. The minimum absolute atomic E-state index is 0.0231. The topological polar surface area (TPSA) is 445 Å². The van der Waals surface area contributed by atoms with Gasteiger partial charge in [-0.1, -0.05) is 100 Å². The number of azide groups is 3. The third kappa shape index (κ3) is 26.8. The van der Waals surface area contributed by atoms with Crippen LogP contribution in [0.5, 0.6) is 28.7 Å². The molecule has 0 aliphatic heterocycles. The summed E-state index contributed by atoms with van der Waals surface area (Å²) >= 11 is 3.30. The summed E-state index contributed by atoms with van der Waals surface area (Å²) in [5, 5.41) is 50.9. The van der Waals surface area contributed by atoms with E-state index in [-0.39, 0.29) is 53.5 Å². The number of aromatic nitrogens is 2. The zero-order valence-corrected chi connectivity index (χ0v) is 57.3. The van der Waals surface area contributed by atoms with E-state index in [0.29, 0.717) is 69.0 Å². The number of phenolic OH excluding ortho intramolecular Hbond substituents is 2.